The summed E-state index contributed by atoms with van der Waals surface area (Å²) in [7, 11) is 0. The summed E-state index contributed by atoms with van der Waals surface area (Å²) < 4.78 is 13.2. The van der Waals surface area contributed by atoms with Gasteiger partial charge in [-0.1, -0.05) is 6.07 Å². The number of aryl methyl sites for hydroxylation is 1. The van der Waals surface area contributed by atoms with Crippen molar-refractivity contribution in [3.05, 3.63) is 29.6 Å². The second kappa shape index (κ2) is 2.77. The van der Waals surface area contributed by atoms with Crippen LogP contribution >= 0.6 is 0 Å². The monoisotopic (exact) mass is 165 g/mol. The molecule has 0 bridgehead atoms. The van der Waals surface area contributed by atoms with Crippen LogP contribution in [0.25, 0.3) is 0 Å². The van der Waals surface area contributed by atoms with Crippen LogP contribution in [0.5, 0.6) is 0 Å². The predicted octanol–water partition coefficient (Wildman–Crippen LogP) is 2.34. The van der Waals surface area contributed by atoms with Crippen molar-refractivity contribution in [2.24, 2.45) is 0 Å². The van der Waals surface area contributed by atoms with Gasteiger partial charge in [0, 0.05) is 13.1 Å². The van der Waals surface area contributed by atoms with Crippen LogP contribution < -0.4 is 4.90 Å². The predicted molar refractivity (Wildman–Crippen MR) is 48.0 cm³/mol. The summed E-state index contributed by atoms with van der Waals surface area (Å²) in [6.07, 6.45) is 1.19. The van der Waals surface area contributed by atoms with Gasteiger partial charge in [0.2, 0.25) is 0 Å². The summed E-state index contributed by atoms with van der Waals surface area (Å²) in [6, 6.07) is 5.26. The number of halogens is 1. The number of hydrogen-bond acceptors (Lipinski definition) is 1. The normalized spacial score (nSPS) is 16.0. The van der Waals surface area contributed by atoms with Crippen LogP contribution in [0.3, 0.4) is 0 Å². The van der Waals surface area contributed by atoms with E-state index in [0.29, 0.717) is 0 Å². The number of hydrogen-bond donors (Lipinski definition) is 0. The SMILES string of the molecule is Cc1ccc(F)c(N2CCC2)c1. The lowest BCUT2D eigenvalue weighted by Gasteiger charge is -2.33. The zero-order valence-corrected chi connectivity index (χ0v) is 7.18. The largest absolute Gasteiger partial charge is 0.369 e. The zero-order valence-electron chi connectivity index (χ0n) is 7.18. The molecule has 1 saturated heterocycles. The molecule has 1 aromatic rings. The summed E-state index contributed by atoms with van der Waals surface area (Å²) in [6.45, 7) is 3.99. The Morgan fingerprint density at radius 1 is 1.33 bits per heavy atom. The minimum atomic E-state index is -0.0969. The summed E-state index contributed by atoms with van der Waals surface area (Å²) in [5.74, 6) is -0.0969. The summed E-state index contributed by atoms with van der Waals surface area (Å²) in [5.41, 5.74) is 1.89. The molecule has 1 fully saturated rings. The Hall–Kier alpha value is -1.05. The zero-order chi connectivity index (χ0) is 8.55. The Morgan fingerprint density at radius 3 is 2.67 bits per heavy atom. The van der Waals surface area contributed by atoms with E-state index < -0.39 is 0 Å². The van der Waals surface area contributed by atoms with E-state index in [4.69, 9.17) is 0 Å². The molecule has 0 N–H and O–H groups in total. The molecule has 0 aliphatic carbocycles. The Kier molecular flexibility index (Phi) is 1.75. The molecule has 0 amide bonds. The van der Waals surface area contributed by atoms with Gasteiger partial charge in [-0.25, -0.2) is 4.39 Å². The van der Waals surface area contributed by atoms with E-state index in [0.717, 1.165) is 24.3 Å². The lowest BCUT2D eigenvalue weighted by molar-refractivity contribution is 0.573. The van der Waals surface area contributed by atoms with E-state index in [9.17, 15) is 4.39 Å². The maximum Gasteiger partial charge on any atom is 0.146 e. The Balaban J connectivity index is 2.34. The third-order valence-electron chi connectivity index (χ3n) is 2.30. The molecule has 2 rings (SSSR count). The molecule has 1 nitrogen and oxygen atoms in total. The summed E-state index contributed by atoms with van der Waals surface area (Å²) >= 11 is 0. The first-order chi connectivity index (χ1) is 5.77. The van der Waals surface area contributed by atoms with Crippen LogP contribution in [0.2, 0.25) is 0 Å². The fourth-order valence-electron chi connectivity index (χ4n) is 1.42. The van der Waals surface area contributed by atoms with Crippen LogP contribution in [-0.2, 0) is 0 Å². The minimum Gasteiger partial charge on any atom is -0.369 e. The standard InChI is InChI=1S/C10H12FN/c1-8-3-4-9(11)10(7-8)12-5-2-6-12/h3-4,7H,2,5-6H2,1H3. The van der Waals surface area contributed by atoms with Crippen LogP contribution in [0.1, 0.15) is 12.0 Å². The highest BCUT2D eigenvalue weighted by molar-refractivity contribution is 5.51. The fraction of sp³-hybridized carbons (Fsp3) is 0.400. The molecule has 1 aromatic carbocycles. The van der Waals surface area contributed by atoms with Gasteiger partial charge < -0.3 is 4.90 Å². The number of benzene rings is 1. The Labute approximate surface area is 71.8 Å². The number of nitrogens with zero attached hydrogens (tertiary/aromatic N) is 1. The van der Waals surface area contributed by atoms with Gasteiger partial charge in [0.1, 0.15) is 5.82 Å². The molecule has 0 atom stereocenters. The van der Waals surface area contributed by atoms with Gasteiger partial charge in [0.15, 0.2) is 0 Å². The topological polar surface area (TPSA) is 3.24 Å². The van der Waals surface area contributed by atoms with Gasteiger partial charge in [-0.15, -0.1) is 0 Å². The molecule has 0 radical (unpaired) electrons. The molecule has 1 heterocycles. The van der Waals surface area contributed by atoms with Crippen molar-refractivity contribution in [2.45, 2.75) is 13.3 Å². The Morgan fingerprint density at radius 2 is 2.08 bits per heavy atom. The molecular weight excluding hydrogens is 153 g/mol. The second-order valence-electron chi connectivity index (χ2n) is 3.30. The van der Waals surface area contributed by atoms with Crippen molar-refractivity contribution in [3.8, 4) is 0 Å². The van der Waals surface area contributed by atoms with Gasteiger partial charge in [-0.2, -0.15) is 0 Å². The van der Waals surface area contributed by atoms with Gasteiger partial charge in [0.25, 0.3) is 0 Å². The molecule has 0 aromatic heterocycles. The number of anilines is 1. The van der Waals surface area contributed by atoms with Crippen LogP contribution in [0, 0.1) is 12.7 Å². The van der Waals surface area contributed by atoms with Gasteiger partial charge in [-0.3, -0.25) is 0 Å². The van der Waals surface area contributed by atoms with E-state index in [1.807, 2.05) is 13.0 Å². The lowest BCUT2D eigenvalue weighted by Crippen LogP contribution is -2.37. The molecule has 12 heavy (non-hydrogen) atoms. The molecule has 0 unspecified atom stereocenters. The highest BCUT2D eigenvalue weighted by Gasteiger charge is 2.17. The first kappa shape index (κ1) is 7.59. The molecule has 1 aliphatic heterocycles. The first-order valence-electron chi connectivity index (χ1n) is 4.28. The molecule has 0 spiro atoms. The van der Waals surface area contributed by atoms with Crippen molar-refractivity contribution in [1.82, 2.24) is 0 Å². The van der Waals surface area contributed by atoms with E-state index in [-0.39, 0.29) is 5.82 Å². The maximum absolute atomic E-state index is 13.2. The third-order valence-corrected chi connectivity index (χ3v) is 2.30. The quantitative estimate of drug-likeness (QED) is 0.617. The smallest absolute Gasteiger partial charge is 0.146 e. The molecule has 0 saturated carbocycles. The Bertz CT molecular complexity index is 292. The van der Waals surface area contributed by atoms with Crippen molar-refractivity contribution in [1.29, 1.82) is 0 Å². The van der Waals surface area contributed by atoms with E-state index in [1.165, 1.54) is 6.42 Å². The van der Waals surface area contributed by atoms with Gasteiger partial charge in [-0.05, 0) is 31.0 Å². The van der Waals surface area contributed by atoms with Gasteiger partial charge >= 0.3 is 0 Å². The van der Waals surface area contributed by atoms with Crippen molar-refractivity contribution >= 4 is 5.69 Å². The van der Waals surface area contributed by atoms with Crippen LogP contribution in [0.4, 0.5) is 10.1 Å². The van der Waals surface area contributed by atoms with Crippen molar-refractivity contribution in [2.75, 3.05) is 18.0 Å². The summed E-state index contributed by atoms with van der Waals surface area (Å²) in [4.78, 5) is 2.07. The van der Waals surface area contributed by atoms with Gasteiger partial charge in [0.05, 0.1) is 5.69 Å². The lowest BCUT2D eigenvalue weighted by atomic mass is 10.1. The first-order valence-corrected chi connectivity index (χ1v) is 4.28. The third kappa shape index (κ3) is 1.17. The number of rotatable bonds is 1. The molecular formula is C10H12FN. The van der Waals surface area contributed by atoms with Crippen molar-refractivity contribution in [3.63, 3.8) is 0 Å². The molecule has 64 valence electrons. The average molecular weight is 165 g/mol. The van der Waals surface area contributed by atoms with E-state index in [2.05, 4.69) is 4.90 Å². The second-order valence-corrected chi connectivity index (χ2v) is 3.30. The summed E-state index contributed by atoms with van der Waals surface area (Å²) in [5, 5.41) is 0. The molecule has 1 aliphatic rings. The van der Waals surface area contributed by atoms with Crippen molar-refractivity contribution < 1.29 is 4.39 Å². The minimum absolute atomic E-state index is 0.0969. The highest BCUT2D eigenvalue weighted by atomic mass is 19.1. The fourth-order valence-corrected chi connectivity index (χ4v) is 1.42. The average Bonchev–Trinajstić information content (AvgIpc) is 1.93. The van der Waals surface area contributed by atoms with E-state index in [1.54, 1.807) is 12.1 Å². The van der Waals surface area contributed by atoms with Crippen LogP contribution in [0.15, 0.2) is 18.2 Å². The van der Waals surface area contributed by atoms with Crippen LogP contribution in [-0.4, -0.2) is 13.1 Å². The molecule has 2 heteroatoms. The highest BCUT2D eigenvalue weighted by Crippen LogP contribution is 2.24. The maximum atomic E-state index is 13.2. The van der Waals surface area contributed by atoms with E-state index >= 15 is 0 Å².